The van der Waals surface area contributed by atoms with E-state index in [4.69, 9.17) is 4.74 Å². The van der Waals surface area contributed by atoms with Crippen molar-refractivity contribution in [2.24, 2.45) is 0 Å². The molecule has 0 heterocycles. The van der Waals surface area contributed by atoms with Gasteiger partial charge in [-0.15, -0.1) is 0 Å². The number of benzene rings is 3. The van der Waals surface area contributed by atoms with Gasteiger partial charge in [0.05, 0.1) is 6.54 Å². The lowest BCUT2D eigenvalue weighted by Crippen LogP contribution is -2.21. The highest BCUT2D eigenvalue weighted by Gasteiger charge is 2.07. The number of hydrogen-bond donors (Lipinski definition) is 3. The molecule has 0 unspecified atom stereocenters. The van der Waals surface area contributed by atoms with Gasteiger partial charge in [0.1, 0.15) is 12.4 Å². The van der Waals surface area contributed by atoms with Gasteiger partial charge in [-0.2, -0.15) is 0 Å². The summed E-state index contributed by atoms with van der Waals surface area (Å²) in [6, 6.07) is 23.3. The lowest BCUT2D eigenvalue weighted by atomic mass is 10.2. The van der Waals surface area contributed by atoms with Crippen LogP contribution in [0.15, 0.2) is 91.5 Å². The molecule has 0 spiro atoms. The predicted octanol–water partition coefficient (Wildman–Crippen LogP) is 4.55. The van der Waals surface area contributed by atoms with E-state index in [-0.39, 0.29) is 18.4 Å². The van der Waals surface area contributed by atoms with E-state index in [0.29, 0.717) is 29.3 Å². The fraction of sp³-hybridized carbons (Fsp3) is 0.0833. The minimum Gasteiger partial charge on any atom is -0.489 e. The van der Waals surface area contributed by atoms with Crippen LogP contribution in [0.25, 0.3) is 0 Å². The summed E-state index contributed by atoms with van der Waals surface area (Å²) >= 11 is 0. The molecular weight excluding hydrogens is 378 g/mol. The molecule has 3 aromatic rings. The Morgan fingerprint density at radius 1 is 0.833 bits per heavy atom. The third kappa shape index (κ3) is 6.24. The molecule has 0 saturated carbocycles. The van der Waals surface area contributed by atoms with E-state index in [9.17, 15) is 9.59 Å². The molecule has 30 heavy (non-hydrogen) atoms. The number of amides is 2. The number of ether oxygens (including phenoxy) is 1. The molecule has 3 N–H and O–H groups in total. The first-order chi connectivity index (χ1) is 14.6. The standard InChI is InChI=1S/C24H23N3O3/c1-2-14-30-22-13-7-12-21(16-22)26-23(28)17-25-19-10-6-11-20(15-19)27-24(29)18-8-4-3-5-9-18/h2-13,15-16,25H,1,14,17H2,(H,26,28)(H,27,29). The van der Waals surface area contributed by atoms with E-state index >= 15 is 0 Å². The molecule has 0 aliphatic rings. The highest BCUT2D eigenvalue weighted by Crippen LogP contribution is 2.18. The van der Waals surface area contributed by atoms with Crippen molar-refractivity contribution < 1.29 is 14.3 Å². The Morgan fingerprint density at radius 3 is 2.30 bits per heavy atom. The Balaban J connectivity index is 1.53. The zero-order valence-corrected chi connectivity index (χ0v) is 16.4. The molecule has 0 atom stereocenters. The molecule has 0 aliphatic heterocycles. The Hall–Kier alpha value is -4.06. The third-order valence-corrected chi connectivity index (χ3v) is 4.10. The van der Waals surface area contributed by atoms with E-state index in [2.05, 4.69) is 22.5 Å². The second-order valence-electron chi connectivity index (χ2n) is 6.43. The topological polar surface area (TPSA) is 79.5 Å². The smallest absolute Gasteiger partial charge is 0.255 e. The summed E-state index contributed by atoms with van der Waals surface area (Å²) in [5, 5.41) is 8.73. The Kier molecular flexibility index (Phi) is 7.22. The summed E-state index contributed by atoms with van der Waals surface area (Å²) in [5.41, 5.74) is 2.59. The van der Waals surface area contributed by atoms with Crippen LogP contribution in [0.4, 0.5) is 17.1 Å². The van der Waals surface area contributed by atoms with Crippen LogP contribution in [0.3, 0.4) is 0 Å². The van der Waals surface area contributed by atoms with Crippen LogP contribution in [0, 0.1) is 0 Å². The molecule has 0 fully saturated rings. The maximum atomic E-state index is 12.3. The quantitative estimate of drug-likeness (QED) is 0.460. The van der Waals surface area contributed by atoms with Crippen molar-refractivity contribution in [1.29, 1.82) is 0 Å². The monoisotopic (exact) mass is 401 g/mol. The van der Waals surface area contributed by atoms with Gasteiger partial charge in [0, 0.05) is 28.7 Å². The Bertz CT molecular complexity index is 1020. The van der Waals surface area contributed by atoms with Crippen LogP contribution >= 0.6 is 0 Å². The average molecular weight is 401 g/mol. The molecule has 3 aromatic carbocycles. The minimum atomic E-state index is -0.199. The van der Waals surface area contributed by atoms with Gasteiger partial charge in [0.25, 0.3) is 5.91 Å². The van der Waals surface area contributed by atoms with Gasteiger partial charge in [-0.1, -0.05) is 43.0 Å². The van der Waals surface area contributed by atoms with Crippen molar-refractivity contribution >= 4 is 28.9 Å². The lowest BCUT2D eigenvalue weighted by molar-refractivity contribution is -0.114. The van der Waals surface area contributed by atoms with Crippen molar-refractivity contribution in [2.75, 3.05) is 29.1 Å². The summed E-state index contributed by atoms with van der Waals surface area (Å²) < 4.78 is 5.46. The molecule has 0 aliphatic carbocycles. The Morgan fingerprint density at radius 2 is 1.53 bits per heavy atom. The summed E-state index contributed by atoms with van der Waals surface area (Å²) in [6.45, 7) is 4.09. The highest BCUT2D eigenvalue weighted by molar-refractivity contribution is 6.04. The van der Waals surface area contributed by atoms with E-state index in [1.54, 1.807) is 54.6 Å². The number of hydrogen-bond acceptors (Lipinski definition) is 4. The van der Waals surface area contributed by atoms with Crippen molar-refractivity contribution in [3.8, 4) is 5.75 Å². The predicted molar refractivity (Wildman–Crippen MR) is 120 cm³/mol. The van der Waals surface area contributed by atoms with Crippen molar-refractivity contribution in [3.63, 3.8) is 0 Å². The average Bonchev–Trinajstić information content (AvgIpc) is 2.77. The van der Waals surface area contributed by atoms with Crippen molar-refractivity contribution in [2.45, 2.75) is 0 Å². The maximum Gasteiger partial charge on any atom is 0.255 e. The zero-order valence-electron chi connectivity index (χ0n) is 16.4. The van der Waals surface area contributed by atoms with Crippen molar-refractivity contribution in [1.82, 2.24) is 0 Å². The lowest BCUT2D eigenvalue weighted by Gasteiger charge is -2.11. The first-order valence-electron chi connectivity index (χ1n) is 9.48. The van der Waals surface area contributed by atoms with E-state index in [0.717, 1.165) is 5.69 Å². The number of anilines is 3. The first-order valence-corrected chi connectivity index (χ1v) is 9.48. The van der Waals surface area contributed by atoms with Gasteiger partial charge in [-0.3, -0.25) is 9.59 Å². The van der Waals surface area contributed by atoms with E-state index in [1.807, 2.05) is 30.3 Å². The van der Waals surface area contributed by atoms with Gasteiger partial charge in [-0.05, 0) is 42.5 Å². The van der Waals surface area contributed by atoms with Crippen molar-refractivity contribution in [3.05, 3.63) is 97.1 Å². The normalized spacial score (nSPS) is 10.0. The van der Waals surface area contributed by atoms with Crippen LogP contribution in [-0.2, 0) is 4.79 Å². The van der Waals surface area contributed by atoms with E-state index < -0.39 is 0 Å². The summed E-state index contributed by atoms with van der Waals surface area (Å²) in [7, 11) is 0. The second kappa shape index (κ2) is 10.5. The molecular formula is C24H23N3O3. The van der Waals surface area contributed by atoms with Gasteiger partial charge < -0.3 is 20.7 Å². The van der Waals surface area contributed by atoms with Gasteiger partial charge in [0.2, 0.25) is 5.91 Å². The van der Waals surface area contributed by atoms with Crippen LogP contribution < -0.4 is 20.7 Å². The summed E-state index contributed by atoms with van der Waals surface area (Å²) in [4.78, 5) is 24.5. The number of rotatable bonds is 9. The molecule has 152 valence electrons. The molecule has 0 bridgehead atoms. The second-order valence-corrected chi connectivity index (χ2v) is 6.43. The van der Waals surface area contributed by atoms with Gasteiger partial charge >= 0.3 is 0 Å². The van der Waals surface area contributed by atoms with Crippen LogP contribution in [0.2, 0.25) is 0 Å². The fourth-order valence-corrected chi connectivity index (χ4v) is 2.71. The number of nitrogens with one attached hydrogen (secondary N) is 3. The van der Waals surface area contributed by atoms with E-state index in [1.165, 1.54) is 0 Å². The molecule has 6 heteroatoms. The van der Waals surface area contributed by atoms with Gasteiger partial charge in [0.15, 0.2) is 0 Å². The molecule has 0 radical (unpaired) electrons. The first kappa shape index (κ1) is 20.7. The van der Waals surface area contributed by atoms with Crippen LogP contribution in [-0.4, -0.2) is 25.0 Å². The third-order valence-electron chi connectivity index (χ3n) is 4.10. The SMILES string of the molecule is C=CCOc1cccc(NC(=O)CNc2cccc(NC(=O)c3ccccc3)c2)c1. The summed E-state index contributed by atoms with van der Waals surface area (Å²) in [5.74, 6) is 0.265. The highest BCUT2D eigenvalue weighted by atomic mass is 16.5. The number of carbonyl (C=O) groups excluding carboxylic acids is 2. The maximum absolute atomic E-state index is 12.3. The molecule has 0 aromatic heterocycles. The Labute approximate surface area is 175 Å². The fourth-order valence-electron chi connectivity index (χ4n) is 2.71. The molecule has 0 saturated heterocycles. The van der Waals surface area contributed by atoms with Crippen LogP contribution in [0.1, 0.15) is 10.4 Å². The molecule has 2 amide bonds. The minimum absolute atomic E-state index is 0.0772. The molecule has 6 nitrogen and oxygen atoms in total. The van der Waals surface area contributed by atoms with Gasteiger partial charge in [-0.25, -0.2) is 0 Å². The number of carbonyl (C=O) groups is 2. The largest absolute Gasteiger partial charge is 0.489 e. The van der Waals surface area contributed by atoms with Crippen LogP contribution in [0.5, 0.6) is 5.75 Å². The zero-order chi connectivity index (χ0) is 21.2. The summed E-state index contributed by atoms with van der Waals surface area (Å²) in [6.07, 6.45) is 1.66. The molecule has 3 rings (SSSR count).